The summed E-state index contributed by atoms with van der Waals surface area (Å²) in [7, 11) is 3.98. The van der Waals surface area contributed by atoms with E-state index in [0.29, 0.717) is 32.4 Å². The van der Waals surface area contributed by atoms with Crippen molar-refractivity contribution < 1.29 is 29.0 Å². The molecule has 1 aromatic carbocycles. The van der Waals surface area contributed by atoms with Gasteiger partial charge in [0.05, 0.1) is 18.4 Å². The number of likely N-dealkylation sites (tertiary alicyclic amines) is 1. The zero-order chi connectivity index (χ0) is 21.7. The number of fused-ring (bicyclic) bond motifs is 1. The second kappa shape index (κ2) is 9.47. The third-order valence-electron chi connectivity index (χ3n) is 6.08. The van der Waals surface area contributed by atoms with Gasteiger partial charge < -0.3 is 24.4 Å². The van der Waals surface area contributed by atoms with E-state index in [1.165, 1.54) is 5.56 Å². The summed E-state index contributed by atoms with van der Waals surface area (Å²) in [4.78, 5) is 37.5. The Morgan fingerprint density at radius 3 is 2.70 bits per heavy atom. The topological polar surface area (TPSA) is 96.4 Å². The molecule has 3 heterocycles. The molecule has 2 saturated heterocycles. The van der Waals surface area contributed by atoms with Crippen LogP contribution in [0.2, 0.25) is 0 Å². The zero-order valence-electron chi connectivity index (χ0n) is 17.6. The maximum Gasteiger partial charge on any atom is 0.312 e. The number of likely N-dealkylation sites (N-methyl/N-ethyl adjacent to an activating group) is 1. The zero-order valence-corrected chi connectivity index (χ0v) is 17.6. The molecule has 1 aromatic rings. The highest BCUT2D eigenvalue weighted by Crippen LogP contribution is 2.43. The fraction of sp³-hybridized carbons (Fsp3) is 0.591. The maximum atomic E-state index is 12.7. The van der Waals surface area contributed by atoms with Gasteiger partial charge in [0.2, 0.25) is 5.91 Å². The van der Waals surface area contributed by atoms with E-state index in [1.807, 2.05) is 31.1 Å². The van der Waals surface area contributed by atoms with Crippen molar-refractivity contribution in [2.24, 2.45) is 5.41 Å². The Morgan fingerprint density at radius 2 is 2.03 bits per heavy atom. The highest BCUT2D eigenvalue weighted by atomic mass is 16.6. The molecule has 8 nitrogen and oxygen atoms in total. The molecule has 0 aliphatic carbocycles. The molecule has 8 heteroatoms. The molecule has 3 aliphatic heterocycles. The minimum absolute atomic E-state index is 0.0246. The lowest BCUT2D eigenvalue weighted by Gasteiger charge is -2.36. The molecular weight excluding hydrogens is 388 g/mol. The van der Waals surface area contributed by atoms with Crippen LogP contribution >= 0.6 is 0 Å². The van der Waals surface area contributed by atoms with Gasteiger partial charge >= 0.3 is 5.97 Å². The lowest BCUT2D eigenvalue weighted by Crippen LogP contribution is -2.45. The molecule has 2 fully saturated rings. The summed E-state index contributed by atoms with van der Waals surface area (Å²) in [6.07, 6.45) is 3.49. The first-order valence-electron chi connectivity index (χ1n) is 10.3. The molecule has 0 aromatic heterocycles. The summed E-state index contributed by atoms with van der Waals surface area (Å²) in [5, 5.41) is 6.89. The first kappa shape index (κ1) is 22.1. The van der Waals surface area contributed by atoms with Gasteiger partial charge in [0.15, 0.2) is 0 Å². The van der Waals surface area contributed by atoms with Crippen molar-refractivity contribution >= 4 is 18.3 Å². The van der Waals surface area contributed by atoms with E-state index in [2.05, 4.69) is 11.0 Å². The largest absolute Gasteiger partial charge is 0.493 e. The molecule has 1 unspecified atom stereocenters. The van der Waals surface area contributed by atoms with Gasteiger partial charge in [-0.3, -0.25) is 14.4 Å². The van der Waals surface area contributed by atoms with E-state index in [-0.39, 0.29) is 29.9 Å². The lowest BCUT2D eigenvalue weighted by molar-refractivity contribution is -0.152. The van der Waals surface area contributed by atoms with Crippen LogP contribution in [0.5, 0.6) is 5.75 Å². The molecule has 1 N–H and O–H groups in total. The van der Waals surface area contributed by atoms with Gasteiger partial charge in [-0.25, -0.2) is 0 Å². The molecule has 1 atom stereocenters. The molecule has 0 bridgehead atoms. The summed E-state index contributed by atoms with van der Waals surface area (Å²) >= 11 is 0. The Morgan fingerprint density at radius 1 is 1.33 bits per heavy atom. The predicted molar refractivity (Wildman–Crippen MR) is 109 cm³/mol. The number of amides is 1. The van der Waals surface area contributed by atoms with Crippen LogP contribution in [0.1, 0.15) is 30.4 Å². The van der Waals surface area contributed by atoms with Gasteiger partial charge in [-0.15, -0.1) is 0 Å². The summed E-state index contributed by atoms with van der Waals surface area (Å²) in [5.41, 5.74) is 1.84. The van der Waals surface area contributed by atoms with Crippen LogP contribution in [0, 0.1) is 5.41 Å². The van der Waals surface area contributed by atoms with Crippen LogP contribution in [-0.2, 0) is 32.0 Å². The van der Waals surface area contributed by atoms with Crippen LogP contribution < -0.4 is 4.74 Å². The number of benzene rings is 1. The Bertz CT molecular complexity index is 786. The fourth-order valence-electron chi connectivity index (χ4n) is 4.57. The SMILES string of the molecule is CN(C)CC1CC2(CCN(C(=O)Cc3ccc4c(c3)CCO4)CC2)C(=O)O1.O=CO. The number of cyclic esters (lactones) is 1. The van der Waals surface area contributed by atoms with Crippen LogP contribution in [0.25, 0.3) is 0 Å². The first-order valence-corrected chi connectivity index (χ1v) is 10.3. The van der Waals surface area contributed by atoms with E-state index in [4.69, 9.17) is 19.4 Å². The van der Waals surface area contributed by atoms with Crippen molar-refractivity contribution in [1.82, 2.24) is 9.80 Å². The molecule has 0 saturated carbocycles. The van der Waals surface area contributed by atoms with E-state index in [1.54, 1.807) is 0 Å². The number of hydrogen-bond donors (Lipinski definition) is 1. The minimum Gasteiger partial charge on any atom is -0.493 e. The Balaban J connectivity index is 0.000000806. The summed E-state index contributed by atoms with van der Waals surface area (Å²) in [6.45, 7) is 2.51. The fourth-order valence-corrected chi connectivity index (χ4v) is 4.57. The Hall–Kier alpha value is -2.61. The monoisotopic (exact) mass is 418 g/mol. The third kappa shape index (κ3) is 4.92. The number of esters is 1. The van der Waals surface area contributed by atoms with Crippen molar-refractivity contribution in [3.63, 3.8) is 0 Å². The predicted octanol–water partition coefficient (Wildman–Crippen LogP) is 1.35. The number of carboxylic acid groups (broad SMARTS) is 1. The van der Waals surface area contributed by atoms with E-state index in [9.17, 15) is 9.59 Å². The van der Waals surface area contributed by atoms with Crippen LogP contribution in [0.3, 0.4) is 0 Å². The highest BCUT2D eigenvalue weighted by Gasteiger charge is 2.50. The maximum absolute atomic E-state index is 12.7. The number of carbonyl (C=O) groups is 3. The molecule has 3 aliphatic rings. The minimum atomic E-state index is -0.387. The van der Waals surface area contributed by atoms with Gasteiger partial charge in [-0.05, 0) is 44.1 Å². The number of piperidine rings is 1. The van der Waals surface area contributed by atoms with Crippen molar-refractivity contribution in [3.05, 3.63) is 29.3 Å². The number of ether oxygens (including phenoxy) is 2. The average molecular weight is 418 g/mol. The molecule has 164 valence electrons. The van der Waals surface area contributed by atoms with Gasteiger partial charge in [-0.1, -0.05) is 12.1 Å². The van der Waals surface area contributed by atoms with Crippen LogP contribution in [0.15, 0.2) is 18.2 Å². The van der Waals surface area contributed by atoms with Crippen molar-refractivity contribution in [2.75, 3.05) is 40.3 Å². The first-order chi connectivity index (χ1) is 14.4. The number of rotatable bonds is 4. The van der Waals surface area contributed by atoms with E-state index in [0.717, 1.165) is 37.3 Å². The molecule has 1 amide bonds. The van der Waals surface area contributed by atoms with Gasteiger partial charge in [-0.2, -0.15) is 0 Å². The normalized spacial score (nSPS) is 21.5. The highest BCUT2D eigenvalue weighted by molar-refractivity contribution is 5.81. The van der Waals surface area contributed by atoms with Gasteiger partial charge in [0.1, 0.15) is 11.9 Å². The van der Waals surface area contributed by atoms with Crippen molar-refractivity contribution in [3.8, 4) is 5.75 Å². The average Bonchev–Trinajstić information content (AvgIpc) is 3.27. The molecule has 4 rings (SSSR count). The second-order valence-electron chi connectivity index (χ2n) is 8.48. The standard InChI is InChI=1S/C21H28N2O4.CH2O2/c1-22(2)14-17-13-21(20(25)27-17)6-8-23(9-7-21)19(24)12-15-3-4-18-16(11-15)5-10-26-18;2-1-3/h3-4,11,17H,5-10,12-14H2,1-2H3;1H,(H,2,3). The third-order valence-corrected chi connectivity index (χ3v) is 6.08. The number of hydrogen-bond acceptors (Lipinski definition) is 6. The summed E-state index contributed by atoms with van der Waals surface area (Å²) in [6, 6.07) is 6.04. The van der Waals surface area contributed by atoms with Gasteiger partial charge in [0.25, 0.3) is 6.47 Å². The number of carbonyl (C=O) groups excluding carboxylic acids is 2. The smallest absolute Gasteiger partial charge is 0.312 e. The quantitative estimate of drug-likeness (QED) is 0.582. The van der Waals surface area contributed by atoms with Gasteiger partial charge in [0, 0.05) is 32.5 Å². The molecule has 0 radical (unpaired) electrons. The van der Waals surface area contributed by atoms with Crippen molar-refractivity contribution in [2.45, 2.75) is 38.2 Å². The van der Waals surface area contributed by atoms with E-state index >= 15 is 0 Å². The van der Waals surface area contributed by atoms with Crippen LogP contribution in [-0.4, -0.2) is 79.7 Å². The summed E-state index contributed by atoms with van der Waals surface area (Å²) in [5.74, 6) is 1.01. The second-order valence-corrected chi connectivity index (χ2v) is 8.48. The molecule has 30 heavy (non-hydrogen) atoms. The Labute approximate surface area is 176 Å². The number of nitrogens with zero attached hydrogens (tertiary/aromatic N) is 2. The van der Waals surface area contributed by atoms with Crippen LogP contribution in [0.4, 0.5) is 0 Å². The molecular formula is C22H30N2O6. The molecule has 1 spiro atoms. The summed E-state index contributed by atoms with van der Waals surface area (Å²) < 4.78 is 11.1. The Kier molecular flexibility index (Phi) is 6.97. The van der Waals surface area contributed by atoms with E-state index < -0.39 is 0 Å². The van der Waals surface area contributed by atoms with Crippen molar-refractivity contribution in [1.29, 1.82) is 0 Å². The lowest BCUT2D eigenvalue weighted by atomic mass is 9.76.